The van der Waals surface area contributed by atoms with Gasteiger partial charge >= 0.3 is 0 Å². The minimum absolute atomic E-state index is 0.0237. The van der Waals surface area contributed by atoms with Crippen molar-refractivity contribution in [3.05, 3.63) is 81.2 Å². The van der Waals surface area contributed by atoms with Crippen LogP contribution >= 0.6 is 23.4 Å². The summed E-state index contributed by atoms with van der Waals surface area (Å²) in [6, 6.07) is 16.3. The molecule has 9 heteroatoms. The molecule has 1 heterocycles. The second-order valence-corrected chi connectivity index (χ2v) is 6.99. The summed E-state index contributed by atoms with van der Waals surface area (Å²) in [5.74, 6) is 5.58. The molecule has 0 atom stereocenters. The number of nitrogens with one attached hydrogen (secondary N) is 1. The number of hydrogen-bond acceptors (Lipinski definition) is 6. The van der Waals surface area contributed by atoms with E-state index in [-0.39, 0.29) is 22.5 Å². The predicted molar refractivity (Wildman–Crippen MR) is 106 cm³/mol. The number of rotatable bonds is 6. The van der Waals surface area contributed by atoms with E-state index in [1.807, 2.05) is 30.3 Å². The van der Waals surface area contributed by atoms with Crippen molar-refractivity contribution in [2.75, 3.05) is 16.9 Å². The number of carbonyl (C=O) groups excluding carboxylic acids is 1. The Morgan fingerprint density at radius 2 is 1.93 bits per heavy atom. The summed E-state index contributed by atoms with van der Waals surface area (Å²) in [6.45, 7) is 0. The lowest BCUT2D eigenvalue weighted by Crippen LogP contribution is -2.34. The molecule has 0 radical (unpaired) electrons. The number of thioether (sulfide) groups is 1. The molecule has 3 N–H and O–H groups in total. The first-order valence-corrected chi connectivity index (χ1v) is 9.35. The highest BCUT2D eigenvalue weighted by atomic mass is 35.5. The van der Waals surface area contributed by atoms with Crippen LogP contribution in [0.2, 0.25) is 5.02 Å². The Kier molecular flexibility index (Phi) is 6.10. The van der Waals surface area contributed by atoms with Crippen LogP contribution in [0.1, 0.15) is 11.3 Å². The lowest BCUT2D eigenvalue weighted by Gasteiger charge is -2.08. The third-order valence-corrected chi connectivity index (χ3v) is 4.76. The lowest BCUT2D eigenvalue weighted by atomic mass is 10.1. The maximum atomic E-state index is 12.4. The summed E-state index contributed by atoms with van der Waals surface area (Å²) >= 11 is 6.91. The molecular formula is C18H16ClN5O2S. The van der Waals surface area contributed by atoms with E-state index in [1.165, 1.54) is 0 Å². The van der Waals surface area contributed by atoms with Gasteiger partial charge in [-0.3, -0.25) is 9.59 Å². The van der Waals surface area contributed by atoms with Gasteiger partial charge in [0.05, 0.1) is 5.75 Å². The summed E-state index contributed by atoms with van der Waals surface area (Å²) in [5.41, 5.74) is 1.33. The van der Waals surface area contributed by atoms with Gasteiger partial charge in [0.25, 0.3) is 5.56 Å². The first-order chi connectivity index (χ1) is 13.0. The Hall–Kier alpha value is -2.84. The molecule has 3 rings (SSSR count). The van der Waals surface area contributed by atoms with Crippen molar-refractivity contribution >= 4 is 35.0 Å². The largest absolute Gasteiger partial charge is 0.334 e. The van der Waals surface area contributed by atoms with E-state index in [0.717, 1.165) is 22.0 Å². The van der Waals surface area contributed by atoms with Gasteiger partial charge in [-0.15, -0.1) is 10.2 Å². The quantitative estimate of drug-likeness (QED) is 0.485. The second-order valence-electron chi connectivity index (χ2n) is 5.61. The minimum Gasteiger partial charge on any atom is -0.334 e. The molecule has 0 saturated carbocycles. The van der Waals surface area contributed by atoms with Crippen LogP contribution in [-0.2, 0) is 11.2 Å². The van der Waals surface area contributed by atoms with Crippen LogP contribution in [0, 0.1) is 0 Å². The number of nitrogen functional groups attached to an aromatic ring is 1. The number of anilines is 1. The molecule has 1 amide bonds. The zero-order valence-electron chi connectivity index (χ0n) is 14.1. The van der Waals surface area contributed by atoms with Crippen molar-refractivity contribution in [2.45, 2.75) is 11.6 Å². The highest BCUT2D eigenvalue weighted by molar-refractivity contribution is 7.99. The second kappa shape index (κ2) is 8.70. The topological polar surface area (TPSA) is 103 Å². The molecule has 0 aliphatic rings. The third-order valence-electron chi connectivity index (χ3n) is 3.58. The van der Waals surface area contributed by atoms with Crippen LogP contribution in [0.3, 0.4) is 0 Å². The van der Waals surface area contributed by atoms with E-state index < -0.39 is 5.56 Å². The molecule has 0 spiro atoms. The first kappa shape index (κ1) is 18.9. The number of nitrogens with two attached hydrogens (primary N) is 1. The summed E-state index contributed by atoms with van der Waals surface area (Å²) in [4.78, 5) is 24.4. The number of hydrogen-bond donors (Lipinski definition) is 2. The molecule has 0 fully saturated rings. The Labute approximate surface area is 164 Å². The summed E-state index contributed by atoms with van der Waals surface area (Å²) in [7, 11) is 0. The highest BCUT2D eigenvalue weighted by Crippen LogP contribution is 2.16. The van der Waals surface area contributed by atoms with Gasteiger partial charge < -0.3 is 11.2 Å². The first-order valence-electron chi connectivity index (χ1n) is 7.99. The van der Waals surface area contributed by atoms with Gasteiger partial charge in [0.2, 0.25) is 11.1 Å². The monoisotopic (exact) mass is 401 g/mol. The maximum Gasteiger partial charge on any atom is 0.294 e. The van der Waals surface area contributed by atoms with Crippen molar-refractivity contribution < 1.29 is 4.79 Å². The van der Waals surface area contributed by atoms with E-state index in [2.05, 4.69) is 15.5 Å². The third kappa shape index (κ3) is 5.08. The van der Waals surface area contributed by atoms with E-state index >= 15 is 0 Å². The van der Waals surface area contributed by atoms with Gasteiger partial charge in [0, 0.05) is 17.1 Å². The normalized spacial score (nSPS) is 10.6. The molecule has 0 bridgehead atoms. The number of amides is 1. The van der Waals surface area contributed by atoms with Gasteiger partial charge in [0.15, 0.2) is 0 Å². The predicted octanol–water partition coefficient (Wildman–Crippen LogP) is 2.33. The smallest absolute Gasteiger partial charge is 0.294 e. The molecule has 7 nitrogen and oxygen atoms in total. The fraction of sp³-hybridized carbons (Fsp3) is 0.111. The Bertz CT molecular complexity index is 1010. The molecule has 138 valence electrons. The number of nitrogens with zero attached hydrogens (tertiary/aromatic N) is 3. The number of benzene rings is 2. The summed E-state index contributed by atoms with van der Waals surface area (Å²) in [6.07, 6.45) is 0.337. The van der Waals surface area contributed by atoms with Crippen LogP contribution in [0.5, 0.6) is 0 Å². The van der Waals surface area contributed by atoms with Crippen molar-refractivity contribution in [2.24, 2.45) is 0 Å². The Balaban J connectivity index is 1.64. The van der Waals surface area contributed by atoms with E-state index in [4.69, 9.17) is 17.4 Å². The molecule has 2 aromatic carbocycles. The minimum atomic E-state index is -0.438. The fourth-order valence-corrected chi connectivity index (χ4v) is 3.16. The number of carbonyl (C=O) groups is 1. The average Bonchev–Trinajstić information content (AvgIpc) is 2.66. The Morgan fingerprint density at radius 1 is 1.15 bits per heavy atom. The zero-order valence-corrected chi connectivity index (χ0v) is 15.7. The van der Waals surface area contributed by atoms with Gasteiger partial charge in [-0.1, -0.05) is 59.8 Å². The summed E-state index contributed by atoms with van der Waals surface area (Å²) in [5, 5.41) is 11.4. The van der Waals surface area contributed by atoms with Crippen LogP contribution in [0.4, 0.5) is 5.69 Å². The van der Waals surface area contributed by atoms with Crippen LogP contribution in [0.15, 0.2) is 64.5 Å². The van der Waals surface area contributed by atoms with Gasteiger partial charge in [-0.2, -0.15) is 4.68 Å². The van der Waals surface area contributed by atoms with Crippen molar-refractivity contribution in [1.29, 1.82) is 0 Å². The molecule has 1 aromatic heterocycles. The SMILES string of the molecule is Nn1c(SCC(=O)Nc2cccc(Cl)c2)nnc(Cc2ccccc2)c1=O. The molecule has 0 saturated heterocycles. The molecular weight excluding hydrogens is 386 g/mol. The van der Waals surface area contributed by atoms with Crippen molar-refractivity contribution in [3.63, 3.8) is 0 Å². The van der Waals surface area contributed by atoms with Crippen molar-refractivity contribution in [3.8, 4) is 0 Å². The van der Waals surface area contributed by atoms with Gasteiger partial charge in [-0.05, 0) is 23.8 Å². The summed E-state index contributed by atoms with van der Waals surface area (Å²) < 4.78 is 0.919. The average molecular weight is 402 g/mol. The van der Waals surface area contributed by atoms with Crippen LogP contribution in [0.25, 0.3) is 0 Å². The van der Waals surface area contributed by atoms with E-state index in [1.54, 1.807) is 24.3 Å². The van der Waals surface area contributed by atoms with E-state index in [0.29, 0.717) is 17.1 Å². The van der Waals surface area contributed by atoms with Gasteiger partial charge in [0.1, 0.15) is 5.69 Å². The van der Waals surface area contributed by atoms with E-state index in [9.17, 15) is 9.59 Å². The fourth-order valence-electron chi connectivity index (χ4n) is 2.31. The van der Waals surface area contributed by atoms with Crippen molar-refractivity contribution in [1.82, 2.24) is 14.9 Å². The van der Waals surface area contributed by atoms with Crippen LogP contribution < -0.4 is 16.7 Å². The molecule has 27 heavy (non-hydrogen) atoms. The lowest BCUT2D eigenvalue weighted by molar-refractivity contribution is -0.113. The Morgan fingerprint density at radius 3 is 2.67 bits per heavy atom. The number of aromatic nitrogens is 3. The standard InChI is InChI=1S/C18H16ClN5O2S/c19-13-7-4-8-14(10-13)21-16(25)11-27-18-23-22-15(17(26)24(18)20)9-12-5-2-1-3-6-12/h1-8,10H,9,11,20H2,(H,21,25). The van der Waals surface area contributed by atoms with Crippen LogP contribution in [-0.4, -0.2) is 26.5 Å². The highest BCUT2D eigenvalue weighted by Gasteiger charge is 2.13. The zero-order chi connectivity index (χ0) is 19.2. The maximum absolute atomic E-state index is 12.4. The number of halogens is 1. The molecule has 0 aliphatic carbocycles. The molecule has 3 aromatic rings. The molecule has 0 aliphatic heterocycles. The molecule has 0 unspecified atom stereocenters. The van der Waals surface area contributed by atoms with Gasteiger partial charge in [-0.25, -0.2) is 0 Å².